The van der Waals surface area contributed by atoms with Crippen molar-refractivity contribution in [2.24, 2.45) is 5.92 Å². The predicted molar refractivity (Wildman–Crippen MR) is 117 cm³/mol. The molecule has 0 saturated heterocycles. The summed E-state index contributed by atoms with van der Waals surface area (Å²) >= 11 is 0. The summed E-state index contributed by atoms with van der Waals surface area (Å²) in [6, 6.07) is 5.17. The SMILES string of the molecule is CC(C)C(C)NC(=O)c1noc(-c2ccc(C(F)(F)F)cc2)c1CNn1ccc(C(F)(F)F)cc1=N. The number of nitrogens with one attached hydrogen (secondary N) is 3. The number of alkyl halides is 6. The van der Waals surface area contributed by atoms with Crippen LogP contribution in [0.3, 0.4) is 0 Å². The van der Waals surface area contributed by atoms with Crippen molar-refractivity contribution in [3.8, 4) is 11.3 Å². The number of amides is 1. The molecule has 3 rings (SSSR count). The molecule has 1 amide bonds. The Morgan fingerprint density at radius 2 is 1.64 bits per heavy atom. The first-order chi connectivity index (χ1) is 16.7. The molecule has 0 aliphatic heterocycles. The smallest absolute Gasteiger partial charge is 0.355 e. The average molecular weight is 515 g/mol. The summed E-state index contributed by atoms with van der Waals surface area (Å²) in [6.07, 6.45) is -8.18. The molecule has 0 saturated carbocycles. The maximum atomic E-state index is 13.0. The van der Waals surface area contributed by atoms with Gasteiger partial charge in [0.05, 0.1) is 23.2 Å². The first kappa shape index (κ1) is 26.8. The molecule has 7 nitrogen and oxygen atoms in total. The number of aromatic nitrogens is 2. The number of halogens is 6. The highest BCUT2D eigenvalue weighted by Gasteiger charge is 2.32. The second-order valence-corrected chi connectivity index (χ2v) is 8.42. The fraction of sp³-hybridized carbons (Fsp3) is 0.348. The molecule has 3 aromatic rings. The third-order valence-corrected chi connectivity index (χ3v) is 5.54. The van der Waals surface area contributed by atoms with E-state index in [9.17, 15) is 31.1 Å². The Bertz CT molecular complexity index is 1280. The summed E-state index contributed by atoms with van der Waals surface area (Å²) in [4.78, 5) is 12.9. The van der Waals surface area contributed by atoms with Gasteiger partial charge in [-0.1, -0.05) is 31.1 Å². The Labute approximate surface area is 201 Å². The monoisotopic (exact) mass is 515 g/mol. The molecule has 1 aromatic carbocycles. The number of rotatable bonds is 7. The largest absolute Gasteiger partial charge is 0.416 e. The third-order valence-electron chi connectivity index (χ3n) is 5.54. The molecule has 36 heavy (non-hydrogen) atoms. The molecule has 0 aliphatic carbocycles. The number of carbonyl (C=O) groups excluding carboxylic acids is 1. The van der Waals surface area contributed by atoms with E-state index < -0.39 is 34.9 Å². The lowest BCUT2D eigenvalue weighted by Gasteiger charge is -2.17. The summed E-state index contributed by atoms with van der Waals surface area (Å²) in [7, 11) is 0. The van der Waals surface area contributed by atoms with E-state index in [2.05, 4.69) is 15.9 Å². The molecule has 194 valence electrons. The first-order valence-electron chi connectivity index (χ1n) is 10.7. The number of benzene rings is 1. The summed E-state index contributed by atoms with van der Waals surface area (Å²) < 4.78 is 83.9. The first-order valence-corrected chi connectivity index (χ1v) is 10.7. The highest BCUT2D eigenvalue weighted by molar-refractivity contribution is 5.95. The van der Waals surface area contributed by atoms with E-state index in [1.165, 1.54) is 0 Å². The summed E-state index contributed by atoms with van der Waals surface area (Å²) in [5.41, 5.74) is 0.504. The van der Waals surface area contributed by atoms with Gasteiger partial charge in [-0.2, -0.15) is 26.3 Å². The van der Waals surface area contributed by atoms with Gasteiger partial charge in [-0.05, 0) is 37.1 Å². The summed E-state index contributed by atoms with van der Waals surface area (Å²) in [5, 5.41) is 14.4. The summed E-state index contributed by atoms with van der Waals surface area (Å²) in [5.74, 6) is -0.513. The number of pyridine rings is 1. The van der Waals surface area contributed by atoms with Crippen molar-refractivity contribution >= 4 is 5.91 Å². The van der Waals surface area contributed by atoms with Gasteiger partial charge in [0, 0.05) is 17.8 Å². The van der Waals surface area contributed by atoms with Crippen LogP contribution in [0.1, 0.15) is 48.0 Å². The van der Waals surface area contributed by atoms with E-state index in [0.717, 1.165) is 41.2 Å². The second kappa shape index (κ2) is 10.1. The van der Waals surface area contributed by atoms with Crippen molar-refractivity contribution in [2.75, 3.05) is 5.43 Å². The van der Waals surface area contributed by atoms with E-state index >= 15 is 0 Å². The average Bonchev–Trinajstić information content (AvgIpc) is 3.21. The van der Waals surface area contributed by atoms with Gasteiger partial charge in [0.2, 0.25) is 0 Å². The molecule has 3 N–H and O–H groups in total. The van der Waals surface area contributed by atoms with Crippen LogP contribution in [-0.2, 0) is 18.9 Å². The lowest BCUT2D eigenvalue weighted by atomic mass is 10.0. The van der Waals surface area contributed by atoms with Crippen LogP contribution < -0.4 is 16.2 Å². The van der Waals surface area contributed by atoms with Crippen LogP contribution in [0.25, 0.3) is 11.3 Å². The molecular weight excluding hydrogens is 492 g/mol. The van der Waals surface area contributed by atoms with Crippen molar-refractivity contribution < 1.29 is 35.7 Å². The Kier molecular flexibility index (Phi) is 7.51. The fourth-order valence-corrected chi connectivity index (χ4v) is 3.11. The van der Waals surface area contributed by atoms with Crippen molar-refractivity contribution in [1.29, 1.82) is 5.41 Å². The Balaban J connectivity index is 1.97. The minimum atomic E-state index is -4.63. The van der Waals surface area contributed by atoms with Crippen molar-refractivity contribution in [1.82, 2.24) is 15.1 Å². The van der Waals surface area contributed by atoms with Crippen LogP contribution in [0.4, 0.5) is 26.3 Å². The van der Waals surface area contributed by atoms with Crippen LogP contribution in [-0.4, -0.2) is 21.8 Å². The van der Waals surface area contributed by atoms with Crippen LogP contribution in [0.2, 0.25) is 0 Å². The Morgan fingerprint density at radius 1 is 1.03 bits per heavy atom. The predicted octanol–water partition coefficient (Wildman–Crippen LogP) is 5.18. The minimum Gasteiger partial charge on any atom is -0.355 e. The van der Waals surface area contributed by atoms with Gasteiger partial charge >= 0.3 is 12.4 Å². The number of hydrogen-bond donors (Lipinski definition) is 3. The van der Waals surface area contributed by atoms with E-state index in [1.807, 2.05) is 13.8 Å². The topological polar surface area (TPSA) is 95.9 Å². The lowest BCUT2D eigenvalue weighted by molar-refractivity contribution is -0.138. The molecule has 13 heteroatoms. The van der Waals surface area contributed by atoms with Crippen molar-refractivity contribution in [2.45, 2.75) is 45.7 Å². The van der Waals surface area contributed by atoms with E-state index in [-0.39, 0.29) is 41.1 Å². The van der Waals surface area contributed by atoms with Gasteiger partial charge in [-0.3, -0.25) is 10.2 Å². The zero-order valence-corrected chi connectivity index (χ0v) is 19.4. The highest BCUT2D eigenvalue weighted by Crippen LogP contribution is 2.33. The van der Waals surface area contributed by atoms with Gasteiger partial charge in [0.1, 0.15) is 5.49 Å². The molecule has 0 fully saturated rings. The second-order valence-electron chi connectivity index (χ2n) is 8.42. The molecule has 0 radical (unpaired) electrons. The maximum Gasteiger partial charge on any atom is 0.416 e. The fourth-order valence-electron chi connectivity index (χ4n) is 3.11. The third kappa shape index (κ3) is 6.07. The standard InChI is InChI=1S/C23H23F6N5O2/c1-12(2)13(3)32-21(35)19-17(11-31-34-9-8-16(10-18(34)30)23(27,28)29)20(36-33-19)14-4-6-15(7-5-14)22(24,25)26/h4-10,12-13,30-31H,11H2,1-3H3,(H,32,35). The zero-order chi connectivity index (χ0) is 26.8. The van der Waals surface area contributed by atoms with Crippen molar-refractivity contribution in [3.63, 3.8) is 0 Å². The van der Waals surface area contributed by atoms with Crippen LogP contribution >= 0.6 is 0 Å². The normalized spacial score (nSPS) is 13.1. The van der Waals surface area contributed by atoms with Crippen LogP contribution in [0, 0.1) is 11.3 Å². The lowest BCUT2D eigenvalue weighted by Crippen LogP contribution is -2.37. The van der Waals surface area contributed by atoms with Gasteiger partial charge in [-0.25, -0.2) is 4.68 Å². The van der Waals surface area contributed by atoms with Gasteiger partial charge < -0.3 is 15.3 Å². The van der Waals surface area contributed by atoms with Crippen molar-refractivity contribution in [3.05, 3.63) is 70.5 Å². The van der Waals surface area contributed by atoms with Gasteiger partial charge in [0.15, 0.2) is 11.5 Å². The number of nitrogens with zero attached hydrogens (tertiary/aromatic N) is 2. The van der Waals surface area contributed by atoms with Gasteiger partial charge in [-0.15, -0.1) is 0 Å². The minimum absolute atomic E-state index is 0.00221. The molecular formula is C23H23F6N5O2. The maximum absolute atomic E-state index is 13.0. The molecule has 0 bridgehead atoms. The van der Waals surface area contributed by atoms with E-state index in [4.69, 9.17) is 9.93 Å². The van der Waals surface area contributed by atoms with E-state index in [0.29, 0.717) is 6.07 Å². The Hall–Kier alpha value is -3.77. The molecule has 1 unspecified atom stereocenters. The highest BCUT2D eigenvalue weighted by atomic mass is 19.4. The molecule has 1 atom stereocenters. The van der Waals surface area contributed by atoms with Gasteiger partial charge in [0.25, 0.3) is 5.91 Å². The summed E-state index contributed by atoms with van der Waals surface area (Å²) in [6.45, 7) is 5.32. The van der Waals surface area contributed by atoms with Crippen LogP contribution in [0.15, 0.2) is 47.1 Å². The number of carbonyl (C=O) groups is 1. The Morgan fingerprint density at radius 3 is 2.17 bits per heavy atom. The quantitative estimate of drug-likeness (QED) is 0.378. The molecule has 0 spiro atoms. The number of hydrogen-bond acceptors (Lipinski definition) is 5. The molecule has 0 aliphatic rings. The molecule has 2 heterocycles. The van der Waals surface area contributed by atoms with Crippen LogP contribution in [0.5, 0.6) is 0 Å². The molecule has 2 aromatic heterocycles. The zero-order valence-electron chi connectivity index (χ0n) is 19.4. The van der Waals surface area contributed by atoms with E-state index in [1.54, 1.807) is 6.92 Å².